The van der Waals surface area contributed by atoms with Crippen molar-refractivity contribution in [3.63, 3.8) is 0 Å². The summed E-state index contributed by atoms with van der Waals surface area (Å²) in [6.45, 7) is 5.11. The van der Waals surface area contributed by atoms with E-state index in [2.05, 4.69) is 51.0 Å². The fourth-order valence-corrected chi connectivity index (χ4v) is 3.95. The quantitative estimate of drug-likeness (QED) is 0.920. The second kappa shape index (κ2) is 6.30. The van der Waals surface area contributed by atoms with E-state index in [0.29, 0.717) is 6.04 Å². The summed E-state index contributed by atoms with van der Waals surface area (Å²) in [5.41, 5.74) is 10.1. The fourth-order valence-electron chi connectivity index (χ4n) is 3.95. The molecule has 4 rings (SSSR count). The molecule has 0 spiro atoms. The van der Waals surface area contributed by atoms with Crippen molar-refractivity contribution in [2.24, 2.45) is 0 Å². The lowest BCUT2D eigenvalue weighted by Gasteiger charge is -2.36. The number of fused-ring (bicyclic) bond motifs is 1. The van der Waals surface area contributed by atoms with Crippen molar-refractivity contribution in [3.8, 4) is 0 Å². The first kappa shape index (κ1) is 15.2. The van der Waals surface area contributed by atoms with Crippen LogP contribution < -0.4 is 15.5 Å². The molecule has 0 radical (unpaired) electrons. The van der Waals surface area contributed by atoms with Gasteiger partial charge in [-0.05, 0) is 43.7 Å². The normalized spacial score (nSPS) is 20.8. The molecule has 126 valence electrons. The molecule has 2 aromatic rings. The van der Waals surface area contributed by atoms with E-state index < -0.39 is 0 Å². The molecule has 2 aliphatic heterocycles. The van der Waals surface area contributed by atoms with E-state index in [9.17, 15) is 0 Å². The lowest BCUT2D eigenvalue weighted by atomic mass is 10.00. The summed E-state index contributed by atoms with van der Waals surface area (Å²) in [6, 6.07) is 9.13. The van der Waals surface area contributed by atoms with Crippen LogP contribution >= 0.6 is 0 Å². The van der Waals surface area contributed by atoms with Crippen molar-refractivity contribution in [1.29, 1.82) is 0 Å². The molecule has 3 heterocycles. The highest BCUT2D eigenvalue weighted by Gasteiger charge is 2.25. The van der Waals surface area contributed by atoms with Crippen LogP contribution in [0.2, 0.25) is 0 Å². The molecule has 1 fully saturated rings. The molecule has 0 bridgehead atoms. The molecule has 1 saturated heterocycles. The maximum atomic E-state index is 6.52. The van der Waals surface area contributed by atoms with Gasteiger partial charge in [0.1, 0.15) is 12.0 Å². The number of nitrogens with two attached hydrogens (primary N) is 1. The molecule has 0 aliphatic carbocycles. The van der Waals surface area contributed by atoms with Gasteiger partial charge in [0.05, 0.1) is 0 Å². The Kier molecular flexibility index (Phi) is 4.00. The summed E-state index contributed by atoms with van der Waals surface area (Å²) in [6.07, 6.45) is 6.41. The van der Waals surface area contributed by atoms with Crippen LogP contribution in [0.1, 0.15) is 37.3 Å². The fraction of sp³-hybridized carbons (Fsp3) is 0.474. The van der Waals surface area contributed by atoms with Crippen LogP contribution in [0.25, 0.3) is 0 Å². The van der Waals surface area contributed by atoms with Crippen molar-refractivity contribution in [2.75, 3.05) is 28.6 Å². The highest BCUT2D eigenvalue weighted by molar-refractivity contribution is 5.76. The second-order valence-corrected chi connectivity index (χ2v) is 6.91. The molecule has 1 unspecified atom stereocenters. The maximum Gasteiger partial charge on any atom is 0.157 e. The highest BCUT2D eigenvalue weighted by atomic mass is 15.3. The van der Waals surface area contributed by atoms with E-state index in [0.717, 1.165) is 43.4 Å². The summed E-state index contributed by atoms with van der Waals surface area (Å²) in [4.78, 5) is 13.7. The average molecular weight is 323 g/mol. The molecule has 1 atom stereocenters. The Morgan fingerprint density at radius 2 is 1.83 bits per heavy atom. The zero-order chi connectivity index (χ0) is 16.5. The van der Waals surface area contributed by atoms with E-state index in [1.165, 1.54) is 30.4 Å². The Hall–Kier alpha value is -2.30. The molecule has 24 heavy (non-hydrogen) atoms. The number of benzene rings is 1. The molecule has 1 aromatic heterocycles. The number of aromatic nitrogens is 2. The first-order valence-electron chi connectivity index (χ1n) is 8.93. The number of hydrogen-bond donors (Lipinski definition) is 1. The van der Waals surface area contributed by atoms with Crippen LogP contribution in [-0.2, 0) is 13.0 Å². The number of anilines is 3. The Bertz CT molecular complexity index is 729. The van der Waals surface area contributed by atoms with Crippen molar-refractivity contribution < 1.29 is 0 Å². The standard InChI is InChI=1S/C19H25N5/c1-14-6-4-5-10-24(14)19-17(20)18(21-13-22-19)23-11-9-15-7-2-3-8-16(15)12-23/h2-3,7-8,13-14H,4-6,9-12,20H2,1H3. The minimum atomic E-state index is 0.492. The van der Waals surface area contributed by atoms with E-state index in [4.69, 9.17) is 5.73 Å². The molecular formula is C19H25N5. The molecule has 5 heteroatoms. The Balaban J connectivity index is 1.64. The third-order valence-corrected chi connectivity index (χ3v) is 5.35. The van der Waals surface area contributed by atoms with Crippen LogP contribution in [0.15, 0.2) is 30.6 Å². The molecule has 0 amide bonds. The lowest BCUT2D eigenvalue weighted by Crippen LogP contribution is -2.39. The van der Waals surface area contributed by atoms with Crippen LogP contribution in [0.4, 0.5) is 17.3 Å². The van der Waals surface area contributed by atoms with Gasteiger partial charge in [0.25, 0.3) is 0 Å². The van der Waals surface area contributed by atoms with Gasteiger partial charge >= 0.3 is 0 Å². The van der Waals surface area contributed by atoms with Crippen molar-refractivity contribution in [1.82, 2.24) is 9.97 Å². The Morgan fingerprint density at radius 1 is 1.04 bits per heavy atom. The minimum absolute atomic E-state index is 0.492. The van der Waals surface area contributed by atoms with Gasteiger partial charge in [-0.2, -0.15) is 0 Å². The van der Waals surface area contributed by atoms with Crippen molar-refractivity contribution >= 4 is 17.3 Å². The first-order valence-corrected chi connectivity index (χ1v) is 8.93. The molecule has 2 N–H and O–H groups in total. The number of nitrogens with zero attached hydrogens (tertiary/aromatic N) is 4. The molecule has 0 saturated carbocycles. The largest absolute Gasteiger partial charge is 0.393 e. The minimum Gasteiger partial charge on any atom is -0.393 e. The lowest BCUT2D eigenvalue weighted by molar-refractivity contribution is 0.481. The first-order chi connectivity index (χ1) is 11.7. The summed E-state index contributed by atoms with van der Waals surface area (Å²) < 4.78 is 0. The SMILES string of the molecule is CC1CCCCN1c1ncnc(N2CCc3ccccc3C2)c1N. The molecule has 5 nitrogen and oxygen atoms in total. The number of piperidine rings is 1. The number of hydrogen-bond acceptors (Lipinski definition) is 5. The predicted octanol–water partition coefficient (Wildman–Crippen LogP) is 3.00. The molecule has 2 aliphatic rings. The van der Waals surface area contributed by atoms with Crippen LogP contribution in [0, 0.1) is 0 Å². The third-order valence-electron chi connectivity index (χ3n) is 5.35. The van der Waals surface area contributed by atoms with Gasteiger partial charge in [-0.3, -0.25) is 0 Å². The monoisotopic (exact) mass is 323 g/mol. The van der Waals surface area contributed by atoms with Crippen molar-refractivity contribution in [2.45, 2.75) is 45.2 Å². The van der Waals surface area contributed by atoms with Gasteiger partial charge in [-0.1, -0.05) is 24.3 Å². The summed E-state index contributed by atoms with van der Waals surface area (Å²) in [5, 5.41) is 0. The van der Waals surface area contributed by atoms with Gasteiger partial charge in [0.15, 0.2) is 11.6 Å². The predicted molar refractivity (Wildman–Crippen MR) is 98.3 cm³/mol. The number of rotatable bonds is 2. The van der Waals surface area contributed by atoms with Gasteiger partial charge in [0, 0.05) is 25.7 Å². The molecule has 1 aromatic carbocycles. The van der Waals surface area contributed by atoms with Crippen molar-refractivity contribution in [3.05, 3.63) is 41.7 Å². The Labute approximate surface area is 143 Å². The maximum absolute atomic E-state index is 6.52. The Morgan fingerprint density at radius 3 is 2.67 bits per heavy atom. The third kappa shape index (κ3) is 2.68. The topological polar surface area (TPSA) is 58.3 Å². The summed E-state index contributed by atoms with van der Waals surface area (Å²) >= 11 is 0. The van der Waals surface area contributed by atoms with E-state index >= 15 is 0 Å². The smallest absolute Gasteiger partial charge is 0.157 e. The zero-order valence-corrected chi connectivity index (χ0v) is 14.3. The van der Waals surface area contributed by atoms with Gasteiger partial charge in [-0.15, -0.1) is 0 Å². The van der Waals surface area contributed by atoms with Crippen LogP contribution in [-0.4, -0.2) is 29.1 Å². The number of nitrogen functional groups attached to an aromatic ring is 1. The van der Waals surface area contributed by atoms with E-state index in [1.807, 2.05) is 0 Å². The zero-order valence-electron chi connectivity index (χ0n) is 14.3. The van der Waals surface area contributed by atoms with E-state index in [1.54, 1.807) is 6.33 Å². The van der Waals surface area contributed by atoms with Gasteiger partial charge in [0.2, 0.25) is 0 Å². The van der Waals surface area contributed by atoms with Gasteiger partial charge in [-0.25, -0.2) is 9.97 Å². The van der Waals surface area contributed by atoms with Crippen LogP contribution in [0.3, 0.4) is 0 Å². The second-order valence-electron chi connectivity index (χ2n) is 6.91. The summed E-state index contributed by atoms with van der Waals surface area (Å²) in [7, 11) is 0. The van der Waals surface area contributed by atoms with E-state index in [-0.39, 0.29) is 0 Å². The highest BCUT2D eigenvalue weighted by Crippen LogP contribution is 2.34. The van der Waals surface area contributed by atoms with Crippen LogP contribution in [0.5, 0.6) is 0 Å². The summed E-state index contributed by atoms with van der Waals surface area (Å²) in [5.74, 6) is 1.79. The average Bonchev–Trinajstić information content (AvgIpc) is 2.62. The van der Waals surface area contributed by atoms with Gasteiger partial charge < -0.3 is 15.5 Å². The molecular weight excluding hydrogens is 298 g/mol.